The Morgan fingerprint density at radius 2 is 1.71 bits per heavy atom. The summed E-state index contributed by atoms with van der Waals surface area (Å²) in [5.74, 6) is 1.51. The molecule has 0 N–H and O–H groups in total. The molecule has 1 fully saturated rings. The van der Waals surface area contributed by atoms with Gasteiger partial charge in [0.05, 0.1) is 16.8 Å². The molecule has 2 aromatic carbocycles. The highest BCUT2D eigenvalue weighted by Gasteiger charge is 2.25. The normalized spacial score (nSPS) is 14.2. The van der Waals surface area contributed by atoms with E-state index in [2.05, 4.69) is 43.0 Å². The quantitative estimate of drug-likeness (QED) is 0.331. The number of rotatable bonds is 7. The van der Waals surface area contributed by atoms with Gasteiger partial charge in [-0.15, -0.1) is 0 Å². The van der Waals surface area contributed by atoms with Crippen LogP contribution in [0.2, 0.25) is 0 Å². The molecule has 8 heteroatoms. The van der Waals surface area contributed by atoms with Gasteiger partial charge in [-0.3, -0.25) is 4.79 Å². The van der Waals surface area contributed by atoms with Crippen molar-refractivity contribution in [3.63, 3.8) is 0 Å². The van der Waals surface area contributed by atoms with Crippen LogP contribution in [0.3, 0.4) is 0 Å². The summed E-state index contributed by atoms with van der Waals surface area (Å²) in [6.07, 6.45) is 4.02. The Balaban J connectivity index is 1.55. The Kier molecular flexibility index (Phi) is 7.67. The van der Waals surface area contributed by atoms with Crippen molar-refractivity contribution in [3.8, 4) is 5.69 Å². The average Bonchev–Trinajstić information content (AvgIpc) is 3.08. The molecule has 1 aliphatic rings. The molecule has 0 aliphatic carbocycles. The second-order valence-electron chi connectivity index (χ2n) is 10.1. The van der Waals surface area contributed by atoms with E-state index in [1.54, 1.807) is 16.8 Å². The third-order valence-corrected chi connectivity index (χ3v) is 7.18. The Morgan fingerprint density at radius 3 is 2.45 bits per heavy atom. The number of benzene rings is 2. The molecule has 0 spiro atoms. The molecule has 0 atom stereocenters. The van der Waals surface area contributed by atoms with Crippen molar-refractivity contribution >= 4 is 22.8 Å². The fraction of sp³-hybridized carbons (Fsp3) is 0.400. The number of hydrogen-bond donors (Lipinski definition) is 0. The molecular weight excluding hydrogens is 479 g/mol. The molecule has 1 aliphatic heterocycles. The number of unbranched alkanes of at least 4 members (excludes halogenated alkanes) is 1. The zero-order chi connectivity index (χ0) is 26.6. The fourth-order valence-corrected chi connectivity index (χ4v) is 5.03. The maximum Gasteiger partial charge on any atom is 0.222 e. The molecule has 2 aromatic heterocycles. The summed E-state index contributed by atoms with van der Waals surface area (Å²) in [5, 5.41) is 5.70. The second kappa shape index (κ2) is 11.3. The third-order valence-electron chi connectivity index (χ3n) is 7.18. The van der Waals surface area contributed by atoms with Crippen molar-refractivity contribution in [2.75, 3.05) is 31.1 Å². The number of hydrogen-bond acceptors (Lipinski definition) is 5. The van der Waals surface area contributed by atoms with E-state index in [0.29, 0.717) is 37.4 Å². The first-order valence-electron chi connectivity index (χ1n) is 13.5. The van der Waals surface area contributed by atoms with Gasteiger partial charge in [-0.1, -0.05) is 43.2 Å². The molecule has 1 amide bonds. The van der Waals surface area contributed by atoms with Crippen molar-refractivity contribution in [1.29, 1.82) is 0 Å². The Morgan fingerprint density at radius 1 is 0.947 bits per heavy atom. The molecule has 0 bridgehead atoms. The predicted molar refractivity (Wildman–Crippen MR) is 148 cm³/mol. The molecule has 3 heterocycles. The SMILES string of the molecule is CCCCC(=O)N1CCCN(c2nc(Cc3ccc(C)cc3)nc3c2c(C)nn3-c2ccc(F)cc2)CC1. The smallest absolute Gasteiger partial charge is 0.222 e. The van der Waals surface area contributed by atoms with E-state index < -0.39 is 0 Å². The highest BCUT2D eigenvalue weighted by atomic mass is 19.1. The van der Waals surface area contributed by atoms with Gasteiger partial charge in [0.2, 0.25) is 5.91 Å². The van der Waals surface area contributed by atoms with Crippen molar-refractivity contribution in [3.05, 3.63) is 77.0 Å². The van der Waals surface area contributed by atoms with E-state index in [-0.39, 0.29) is 11.7 Å². The summed E-state index contributed by atoms with van der Waals surface area (Å²) in [6.45, 7) is 9.09. The van der Waals surface area contributed by atoms with Crippen LogP contribution in [0.25, 0.3) is 16.7 Å². The summed E-state index contributed by atoms with van der Waals surface area (Å²) in [7, 11) is 0. The van der Waals surface area contributed by atoms with Crippen LogP contribution in [0.15, 0.2) is 48.5 Å². The third kappa shape index (κ3) is 5.54. The van der Waals surface area contributed by atoms with Gasteiger partial charge in [-0.2, -0.15) is 5.10 Å². The van der Waals surface area contributed by atoms with E-state index in [0.717, 1.165) is 60.5 Å². The zero-order valence-corrected chi connectivity index (χ0v) is 22.5. The minimum Gasteiger partial charge on any atom is -0.354 e. The van der Waals surface area contributed by atoms with Crippen molar-refractivity contribution < 1.29 is 9.18 Å². The number of carbonyl (C=O) groups excluding carboxylic acids is 1. The lowest BCUT2D eigenvalue weighted by molar-refractivity contribution is -0.131. The first kappa shape index (κ1) is 25.8. The largest absolute Gasteiger partial charge is 0.354 e. The van der Waals surface area contributed by atoms with E-state index in [1.807, 2.05) is 11.8 Å². The Bertz CT molecular complexity index is 1410. The lowest BCUT2D eigenvalue weighted by Crippen LogP contribution is -2.35. The van der Waals surface area contributed by atoms with Gasteiger partial charge in [0, 0.05) is 39.0 Å². The fourth-order valence-electron chi connectivity index (χ4n) is 5.03. The van der Waals surface area contributed by atoms with Gasteiger partial charge in [-0.25, -0.2) is 19.0 Å². The molecule has 4 aromatic rings. The average molecular weight is 515 g/mol. The monoisotopic (exact) mass is 514 g/mol. The first-order chi connectivity index (χ1) is 18.4. The first-order valence-corrected chi connectivity index (χ1v) is 13.5. The molecule has 5 rings (SSSR count). The number of halogens is 1. The standard InChI is InChI=1S/C30H35FN6O/c1-4-5-7-27(38)35-16-6-17-36(19-18-35)29-28-22(3)34-37(25-14-12-24(31)13-15-25)30(28)33-26(32-29)20-23-10-8-21(2)9-11-23/h8-15H,4-7,16-20H2,1-3H3. The van der Waals surface area contributed by atoms with E-state index in [9.17, 15) is 9.18 Å². The van der Waals surface area contributed by atoms with Gasteiger partial charge in [0.1, 0.15) is 17.5 Å². The molecule has 1 saturated heterocycles. The van der Waals surface area contributed by atoms with Gasteiger partial charge in [0.15, 0.2) is 5.65 Å². The molecule has 198 valence electrons. The van der Waals surface area contributed by atoms with Gasteiger partial charge in [-0.05, 0) is 56.5 Å². The summed E-state index contributed by atoms with van der Waals surface area (Å²) in [5.41, 5.74) is 4.62. The van der Waals surface area contributed by atoms with Crippen LogP contribution >= 0.6 is 0 Å². The number of nitrogens with zero attached hydrogens (tertiary/aromatic N) is 6. The van der Waals surface area contributed by atoms with Crippen LogP contribution < -0.4 is 4.90 Å². The minimum absolute atomic E-state index is 0.238. The molecule has 0 radical (unpaired) electrons. The maximum absolute atomic E-state index is 13.7. The summed E-state index contributed by atoms with van der Waals surface area (Å²) < 4.78 is 15.5. The number of anilines is 1. The van der Waals surface area contributed by atoms with Gasteiger partial charge < -0.3 is 9.80 Å². The minimum atomic E-state index is -0.292. The van der Waals surface area contributed by atoms with Crippen LogP contribution in [-0.4, -0.2) is 56.7 Å². The van der Waals surface area contributed by atoms with Crippen molar-refractivity contribution in [2.24, 2.45) is 0 Å². The number of aryl methyl sites for hydroxylation is 2. The summed E-state index contributed by atoms with van der Waals surface area (Å²) in [4.78, 5) is 27.1. The van der Waals surface area contributed by atoms with Crippen LogP contribution in [0, 0.1) is 19.7 Å². The Hall–Kier alpha value is -3.81. The second-order valence-corrected chi connectivity index (χ2v) is 10.1. The maximum atomic E-state index is 13.7. The van der Waals surface area contributed by atoms with E-state index in [4.69, 9.17) is 15.1 Å². The van der Waals surface area contributed by atoms with Crippen molar-refractivity contribution in [2.45, 2.75) is 52.9 Å². The van der Waals surface area contributed by atoms with E-state index >= 15 is 0 Å². The van der Waals surface area contributed by atoms with Crippen LogP contribution in [-0.2, 0) is 11.2 Å². The van der Waals surface area contributed by atoms with E-state index in [1.165, 1.54) is 17.7 Å². The van der Waals surface area contributed by atoms with Crippen LogP contribution in [0.4, 0.5) is 10.2 Å². The highest BCUT2D eigenvalue weighted by Crippen LogP contribution is 2.30. The number of aromatic nitrogens is 4. The highest BCUT2D eigenvalue weighted by molar-refractivity contribution is 5.91. The topological polar surface area (TPSA) is 67.2 Å². The number of carbonyl (C=O) groups is 1. The predicted octanol–water partition coefficient (Wildman–Crippen LogP) is 5.39. The Labute approximate surface area is 223 Å². The van der Waals surface area contributed by atoms with Crippen molar-refractivity contribution in [1.82, 2.24) is 24.6 Å². The van der Waals surface area contributed by atoms with Crippen LogP contribution in [0.5, 0.6) is 0 Å². The lowest BCUT2D eigenvalue weighted by Gasteiger charge is -2.24. The lowest BCUT2D eigenvalue weighted by atomic mass is 10.1. The molecule has 7 nitrogen and oxygen atoms in total. The van der Waals surface area contributed by atoms with Crippen LogP contribution in [0.1, 0.15) is 55.3 Å². The summed E-state index contributed by atoms with van der Waals surface area (Å²) in [6, 6.07) is 14.7. The number of fused-ring (bicyclic) bond motifs is 1. The van der Waals surface area contributed by atoms with Gasteiger partial charge >= 0.3 is 0 Å². The number of amides is 1. The molecule has 0 saturated carbocycles. The zero-order valence-electron chi connectivity index (χ0n) is 22.5. The summed E-state index contributed by atoms with van der Waals surface area (Å²) >= 11 is 0. The molecule has 38 heavy (non-hydrogen) atoms. The molecule has 0 unspecified atom stereocenters. The molecular formula is C30H35FN6O. The van der Waals surface area contributed by atoms with Gasteiger partial charge in [0.25, 0.3) is 0 Å².